The Morgan fingerprint density at radius 2 is 2.03 bits per heavy atom. The predicted molar refractivity (Wildman–Crippen MR) is 135 cm³/mol. The molecule has 10 nitrogen and oxygen atoms in total. The van der Waals surface area contributed by atoms with E-state index < -0.39 is 0 Å². The summed E-state index contributed by atoms with van der Waals surface area (Å²) in [6, 6.07) is 10.2. The highest BCUT2D eigenvalue weighted by atomic mass is 16.2. The normalized spacial score (nSPS) is 22.4. The van der Waals surface area contributed by atoms with Gasteiger partial charge in [-0.2, -0.15) is 15.9 Å². The summed E-state index contributed by atoms with van der Waals surface area (Å²) in [5.74, 6) is 12.7. The van der Waals surface area contributed by atoms with Crippen LogP contribution in [0.3, 0.4) is 0 Å². The molecule has 3 aliphatic heterocycles. The van der Waals surface area contributed by atoms with Crippen LogP contribution in [0.25, 0.3) is 0 Å². The van der Waals surface area contributed by atoms with Gasteiger partial charge >= 0.3 is 0 Å². The van der Waals surface area contributed by atoms with E-state index in [1.165, 1.54) is 6.20 Å². The molecule has 180 valence electrons. The van der Waals surface area contributed by atoms with Gasteiger partial charge in [0.15, 0.2) is 5.82 Å². The fourth-order valence-corrected chi connectivity index (χ4v) is 4.62. The molecule has 1 aromatic heterocycles. The highest BCUT2D eigenvalue weighted by molar-refractivity contribution is 6.05. The number of carbonyl (C=O) groups excluding carboxylic acids is 2. The summed E-state index contributed by atoms with van der Waals surface area (Å²) in [5.41, 5.74) is 2.64. The molecule has 1 saturated heterocycles. The molecule has 1 fully saturated rings. The summed E-state index contributed by atoms with van der Waals surface area (Å²) >= 11 is 0. The Morgan fingerprint density at radius 1 is 1.19 bits per heavy atom. The number of rotatable bonds is 4. The van der Waals surface area contributed by atoms with E-state index in [1.54, 1.807) is 54.7 Å². The standard InChI is InChI=1S/C26H24N8O2/c1-2-6-23(35)33-15-4-3-7-20(33)24-21-17-28-14-16-34(21,27)25(31-24)18-9-11-19(12-10-18)26(36)30-22-8-5-13-29-32-22/h5,8-14,16-17,20H,3-4,7,15,27H2,1H3/p+1. The lowest BCUT2D eigenvalue weighted by atomic mass is 9.98. The molecule has 2 atom stereocenters. The lowest BCUT2D eigenvalue weighted by molar-refractivity contribution is -0.750. The first kappa shape index (κ1) is 23.3. The Kier molecular flexibility index (Phi) is 6.25. The molecule has 36 heavy (non-hydrogen) atoms. The first-order chi connectivity index (χ1) is 17.5. The van der Waals surface area contributed by atoms with Crippen LogP contribution >= 0.6 is 0 Å². The van der Waals surface area contributed by atoms with Crippen LogP contribution in [0.2, 0.25) is 0 Å². The number of hydrogen-bond acceptors (Lipinski definition) is 7. The van der Waals surface area contributed by atoms with Crippen molar-refractivity contribution < 1.29 is 14.2 Å². The van der Waals surface area contributed by atoms with Crippen LogP contribution < -0.4 is 11.2 Å². The lowest BCUT2D eigenvalue weighted by Gasteiger charge is -2.34. The quantitative estimate of drug-likeness (QED) is 0.394. The number of carbonyl (C=O) groups is 2. The molecule has 10 heteroatoms. The third-order valence-electron chi connectivity index (χ3n) is 6.35. The number of anilines is 1. The Morgan fingerprint density at radius 3 is 2.78 bits per heavy atom. The van der Waals surface area contributed by atoms with Crippen molar-refractivity contribution in [2.24, 2.45) is 15.8 Å². The smallest absolute Gasteiger partial charge is 0.299 e. The maximum Gasteiger partial charge on any atom is 0.299 e. The number of aliphatic imine (C=N–C) groups is 2. The van der Waals surface area contributed by atoms with Crippen LogP contribution in [-0.2, 0) is 4.79 Å². The molecule has 2 aromatic rings. The van der Waals surface area contributed by atoms with Crippen molar-refractivity contribution in [3.05, 3.63) is 77.5 Å². The zero-order valence-electron chi connectivity index (χ0n) is 19.8. The van der Waals surface area contributed by atoms with Gasteiger partial charge in [-0.3, -0.25) is 14.6 Å². The maximum absolute atomic E-state index is 12.7. The van der Waals surface area contributed by atoms with Crippen molar-refractivity contribution in [1.29, 1.82) is 0 Å². The number of aromatic nitrogens is 2. The molecular weight excluding hydrogens is 456 g/mol. The van der Waals surface area contributed by atoms with Gasteiger partial charge in [-0.15, -0.1) is 9.69 Å². The second kappa shape index (κ2) is 9.65. The van der Waals surface area contributed by atoms with Gasteiger partial charge in [0.2, 0.25) is 5.70 Å². The summed E-state index contributed by atoms with van der Waals surface area (Å²) < 4.78 is -0.165. The summed E-state index contributed by atoms with van der Waals surface area (Å²) in [6.45, 7) is 2.27. The van der Waals surface area contributed by atoms with Crippen LogP contribution in [0.15, 0.2) is 76.4 Å². The summed E-state index contributed by atoms with van der Waals surface area (Å²) in [4.78, 5) is 36.4. The summed E-state index contributed by atoms with van der Waals surface area (Å²) in [7, 11) is 0. The van der Waals surface area contributed by atoms with Gasteiger partial charge < -0.3 is 10.2 Å². The van der Waals surface area contributed by atoms with Crippen molar-refractivity contribution in [3.8, 4) is 11.8 Å². The molecule has 1 aromatic carbocycles. The number of likely N-dealkylation sites (tertiary alicyclic amines) is 1. The van der Waals surface area contributed by atoms with Crippen molar-refractivity contribution in [3.63, 3.8) is 0 Å². The maximum atomic E-state index is 12.7. The van der Waals surface area contributed by atoms with Gasteiger partial charge in [0, 0.05) is 18.3 Å². The van der Waals surface area contributed by atoms with E-state index in [1.807, 2.05) is 12.1 Å². The summed E-state index contributed by atoms with van der Waals surface area (Å²) in [6.07, 6.45) is 9.30. The topological polar surface area (TPSA) is 126 Å². The van der Waals surface area contributed by atoms with E-state index in [-0.39, 0.29) is 22.4 Å². The van der Waals surface area contributed by atoms with E-state index in [9.17, 15) is 9.59 Å². The van der Waals surface area contributed by atoms with E-state index in [2.05, 4.69) is 32.3 Å². The van der Waals surface area contributed by atoms with Crippen molar-refractivity contribution in [1.82, 2.24) is 15.1 Å². The minimum absolute atomic E-state index is 0.165. The molecule has 2 amide bonds. The van der Waals surface area contributed by atoms with Crippen LogP contribution in [0.5, 0.6) is 0 Å². The average Bonchev–Trinajstić information content (AvgIpc) is 3.22. The van der Waals surface area contributed by atoms with Crippen molar-refractivity contribution >= 4 is 29.7 Å². The Hall–Kier alpha value is -4.46. The van der Waals surface area contributed by atoms with Crippen molar-refractivity contribution in [2.75, 3.05) is 11.9 Å². The first-order valence-corrected chi connectivity index (χ1v) is 11.7. The van der Waals surface area contributed by atoms with E-state index in [4.69, 9.17) is 10.8 Å². The number of amidine groups is 1. The molecule has 0 saturated carbocycles. The molecule has 5 rings (SSSR count). The van der Waals surface area contributed by atoms with Gasteiger partial charge in [0.05, 0.1) is 24.0 Å². The number of nitrogens with zero attached hydrogens (tertiary/aromatic N) is 6. The largest absolute Gasteiger partial charge is 0.323 e. The first-order valence-electron chi connectivity index (χ1n) is 11.7. The van der Waals surface area contributed by atoms with Gasteiger partial charge in [0.25, 0.3) is 17.6 Å². The predicted octanol–water partition coefficient (Wildman–Crippen LogP) is 2.35. The fraction of sp³-hybridized carbons (Fsp3) is 0.231. The molecule has 4 heterocycles. The molecule has 3 N–H and O–H groups in total. The molecule has 0 radical (unpaired) electrons. The molecule has 3 aliphatic rings. The minimum atomic E-state index is -0.301. The lowest BCUT2D eigenvalue weighted by Crippen LogP contribution is -2.53. The molecular formula is C26H25N8O2+. The van der Waals surface area contributed by atoms with E-state index >= 15 is 0 Å². The molecule has 0 bridgehead atoms. The van der Waals surface area contributed by atoms with Gasteiger partial charge in [-0.05, 0) is 68.5 Å². The van der Waals surface area contributed by atoms with Crippen LogP contribution in [0, 0.1) is 11.8 Å². The second-order valence-corrected chi connectivity index (χ2v) is 8.58. The number of amides is 2. The van der Waals surface area contributed by atoms with Crippen LogP contribution in [0.1, 0.15) is 42.1 Å². The van der Waals surface area contributed by atoms with Crippen LogP contribution in [-0.4, -0.2) is 56.1 Å². The van der Waals surface area contributed by atoms with Gasteiger partial charge in [-0.1, -0.05) is 5.92 Å². The van der Waals surface area contributed by atoms with E-state index in [0.29, 0.717) is 29.5 Å². The number of nitrogens with two attached hydrogens (primary N) is 1. The number of quaternary nitrogens is 1. The zero-order valence-corrected chi connectivity index (χ0v) is 19.8. The molecule has 0 spiro atoms. The fourth-order valence-electron chi connectivity index (χ4n) is 4.62. The number of allylic oxidation sites excluding steroid dienone is 1. The molecule has 2 unspecified atom stereocenters. The average molecular weight is 482 g/mol. The Bertz CT molecular complexity index is 1380. The third-order valence-corrected chi connectivity index (χ3v) is 6.35. The Balaban J connectivity index is 1.46. The van der Waals surface area contributed by atoms with Gasteiger partial charge in [0.1, 0.15) is 11.9 Å². The highest BCUT2D eigenvalue weighted by Crippen LogP contribution is 2.36. The molecule has 0 aliphatic carbocycles. The Labute approximate surface area is 208 Å². The van der Waals surface area contributed by atoms with Gasteiger partial charge in [-0.25, -0.2) is 0 Å². The number of fused-ring (bicyclic) bond motifs is 1. The number of piperidine rings is 1. The SMILES string of the molecule is CC#CC(=O)N1CCCCC1C1=C2C=NC=C[N+]2(N)C(c2ccc(C(=O)Nc3cccnn3)cc2)=N1. The van der Waals surface area contributed by atoms with Crippen molar-refractivity contribution in [2.45, 2.75) is 32.2 Å². The third kappa shape index (κ3) is 4.22. The monoisotopic (exact) mass is 481 g/mol. The summed E-state index contributed by atoms with van der Waals surface area (Å²) in [5, 5.41) is 10.4. The highest BCUT2D eigenvalue weighted by Gasteiger charge is 2.47. The zero-order chi connectivity index (χ0) is 25.1. The number of benzene rings is 1. The minimum Gasteiger partial charge on any atom is -0.323 e. The second-order valence-electron chi connectivity index (χ2n) is 8.58. The van der Waals surface area contributed by atoms with E-state index in [0.717, 1.165) is 30.5 Å². The number of hydrogen-bond donors (Lipinski definition) is 2. The number of nitrogens with one attached hydrogen (secondary N) is 1. The van der Waals surface area contributed by atoms with Crippen LogP contribution in [0.4, 0.5) is 5.82 Å².